The van der Waals surface area contributed by atoms with Crippen LogP contribution in [0.4, 0.5) is 5.82 Å². The number of nitrogens with one attached hydrogen (secondary N) is 1. The largest absolute Gasteiger partial charge is 0.354 e. The first kappa shape index (κ1) is 18.7. The minimum atomic E-state index is -0.0444. The highest BCUT2D eigenvalue weighted by atomic mass is 32.1. The average molecular weight is 393 g/mol. The second-order valence-corrected chi connectivity index (χ2v) is 7.94. The normalized spacial score (nSPS) is 14.8. The number of rotatable bonds is 5. The van der Waals surface area contributed by atoms with Gasteiger partial charge in [0.2, 0.25) is 0 Å². The van der Waals surface area contributed by atoms with E-state index in [1.54, 1.807) is 0 Å². The Kier molecular flexibility index (Phi) is 5.69. The molecule has 0 unspecified atom stereocenters. The molecule has 3 heterocycles. The lowest BCUT2D eigenvalue weighted by molar-refractivity contribution is 0.0955. The highest BCUT2D eigenvalue weighted by Gasteiger charge is 2.16. The van der Waals surface area contributed by atoms with Gasteiger partial charge in [-0.25, -0.2) is 4.98 Å². The molecule has 6 heteroatoms. The van der Waals surface area contributed by atoms with Crippen molar-refractivity contribution in [2.75, 3.05) is 38.1 Å². The van der Waals surface area contributed by atoms with Crippen LogP contribution in [0.25, 0.3) is 11.1 Å². The van der Waals surface area contributed by atoms with Gasteiger partial charge in [-0.2, -0.15) is 0 Å². The molecule has 144 valence electrons. The van der Waals surface area contributed by atoms with E-state index in [1.807, 2.05) is 60.1 Å². The molecule has 5 nitrogen and oxygen atoms in total. The van der Waals surface area contributed by atoms with Crippen molar-refractivity contribution < 1.29 is 4.79 Å². The first-order valence-electron chi connectivity index (χ1n) is 9.50. The van der Waals surface area contributed by atoms with Gasteiger partial charge in [0.25, 0.3) is 5.91 Å². The highest BCUT2D eigenvalue weighted by Crippen LogP contribution is 2.28. The molecule has 1 N–H and O–H groups in total. The minimum Gasteiger partial charge on any atom is -0.354 e. The lowest BCUT2D eigenvalue weighted by Gasteiger charge is -2.33. The number of amides is 1. The number of hydrogen-bond donors (Lipinski definition) is 1. The van der Waals surface area contributed by atoms with Gasteiger partial charge in [0, 0.05) is 44.5 Å². The summed E-state index contributed by atoms with van der Waals surface area (Å²) >= 11 is 1.47. The fourth-order valence-electron chi connectivity index (χ4n) is 3.34. The van der Waals surface area contributed by atoms with Crippen molar-refractivity contribution in [3.63, 3.8) is 0 Å². The van der Waals surface area contributed by atoms with Crippen molar-refractivity contribution in [1.29, 1.82) is 0 Å². The quantitative estimate of drug-likeness (QED) is 0.722. The number of pyridine rings is 1. The van der Waals surface area contributed by atoms with Crippen LogP contribution in [0.3, 0.4) is 0 Å². The van der Waals surface area contributed by atoms with E-state index in [4.69, 9.17) is 0 Å². The van der Waals surface area contributed by atoms with Crippen molar-refractivity contribution >= 4 is 23.1 Å². The predicted octanol–water partition coefficient (Wildman–Crippen LogP) is 3.49. The Bertz CT molecular complexity index is 915. The van der Waals surface area contributed by atoms with Crippen LogP contribution >= 0.6 is 11.3 Å². The zero-order chi connectivity index (χ0) is 19.3. The molecule has 0 radical (unpaired) electrons. The van der Waals surface area contributed by atoms with Gasteiger partial charge in [-0.1, -0.05) is 36.4 Å². The van der Waals surface area contributed by atoms with Gasteiger partial charge < -0.3 is 15.1 Å². The van der Waals surface area contributed by atoms with Crippen LogP contribution in [0.15, 0.2) is 60.1 Å². The predicted molar refractivity (Wildman–Crippen MR) is 115 cm³/mol. The van der Waals surface area contributed by atoms with Crippen LogP contribution in [0.2, 0.25) is 0 Å². The van der Waals surface area contributed by atoms with E-state index < -0.39 is 0 Å². The summed E-state index contributed by atoms with van der Waals surface area (Å²) in [5.74, 6) is 0.963. The van der Waals surface area contributed by atoms with Gasteiger partial charge in [-0.3, -0.25) is 4.79 Å². The Morgan fingerprint density at radius 2 is 1.86 bits per heavy atom. The smallest absolute Gasteiger partial charge is 0.262 e. The van der Waals surface area contributed by atoms with Crippen LogP contribution in [-0.4, -0.2) is 49.0 Å². The monoisotopic (exact) mass is 392 g/mol. The number of hydrogen-bond acceptors (Lipinski definition) is 5. The molecular weight excluding hydrogens is 368 g/mol. The van der Waals surface area contributed by atoms with E-state index in [0.29, 0.717) is 6.54 Å². The van der Waals surface area contributed by atoms with Gasteiger partial charge in [-0.15, -0.1) is 11.3 Å². The van der Waals surface area contributed by atoms with Crippen LogP contribution in [0.5, 0.6) is 0 Å². The average Bonchev–Trinajstić information content (AvgIpc) is 3.24. The number of carbonyl (C=O) groups is 1. The van der Waals surface area contributed by atoms with E-state index in [-0.39, 0.29) is 5.91 Å². The van der Waals surface area contributed by atoms with Crippen molar-refractivity contribution in [3.8, 4) is 11.1 Å². The molecule has 0 bridgehead atoms. The van der Waals surface area contributed by atoms with Gasteiger partial charge in [-0.05, 0) is 35.7 Å². The molecule has 2 aromatic heterocycles. The molecule has 1 fully saturated rings. The maximum Gasteiger partial charge on any atom is 0.262 e. The standard InChI is InChI=1S/C22H24N4OS/c1-25-10-12-26(13-11-25)20-8-7-17(15-23-20)16-24-22(27)21-19(9-14-28-21)18-5-3-2-4-6-18/h2-9,14-15H,10-13,16H2,1H3,(H,24,27). The van der Waals surface area contributed by atoms with E-state index >= 15 is 0 Å². The number of thiophene rings is 1. The number of aromatic nitrogens is 1. The van der Waals surface area contributed by atoms with Gasteiger partial charge in [0.05, 0.1) is 4.88 Å². The van der Waals surface area contributed by atoms with E-state index in [1.165, 1.54) is 11.3 Å². The lowest BCUT2D eigenvalue weighted by Crippen LogP contribution is -2.44. The molecule has 1 aliphatic heterocycles. The van der Waals surface area contributed by atoms with E-state index in [2.05, 4.69) is 27.1 Å². The SMILES string of the molecule is CN1CCN(c2ccc(CNC(=O)c3sccc3-c3ccccc3)cn2)CC1. The highest BCUT2D eigenvalue weighted by molar-refractivity contribution is 7.12. The summed E-state index contributed by atoms with van der Waals surface area (Å²) in [6.45, 7) is 4.59. The molecule has 1 aromatic carbocycles. The number of carbonyl (C=O) groups excluding carboxylic acids is 1. The van der Waals surface area contributed by atoms with Crippen molar-refractivity contribution in [3.05, 3.63) is 70.5 Å². The fourth-order valence-corrected chi connectivity index (χ4v) is 4.17. The summed E-state index contributed by atoms with van der Waals surface area (Å²) in [6, 6.07) is 16.1. The van der Waals surface area contributed by atoms with Crippen LogP contribution in [-0.2, 0) is 6.54 Å². The molecular formula is C22H24N4OS. The summed E-state index contributed by atoms with van der Waals surface area (Å²) in [5, 5.41) is 4.99. The Labute approximate surface area is 169 Å². The van der Waals surface area contributed by atoms with Crippen LogP contribution in [0.1, 0.15) is 15.2 Å². The zero-order valence-electron chi connectivity index (χ0n) is 16.0. The number of anilines is 1. The number of likely N-dealkylation sites (N-methyl/N-ethyl adjacent to an activating group) is 1. The molecule has 3 aromatic rings. The Balaban J connectivity index is 1.37. The Morgan fingerprint density at radius 1 is 1.07 bits per heavy atom. The third-order valence-corrected chi connectivity index (χ3v) is 5.96. The minimum absolute atomic E-state index is 0.0444. The summed E-state index contributed by atoms with van der Waals surface area (Å²) in [4.78, 5) is 22.7. The van der Waals surface area contributed by atoms with Crippen LogP contribution in [0, 0.1) is 0 Å². The molecule has 4 rings (SSSR count). The molecule has 0 spiro atoms. The lowest BCUT2D eigenvalue weighted by atomic mass is 10.1. The second-order valence-electron chi connectivity index (χ2n) is 7.03. The van der Waals surface area contributed by atoms with Crippen LogP contribution < -0.4 is 10.2 Å². The molecule has 28 heavy (non-hydrogen) atoms. The maximum absolute atomic E-state index is 12.7. The fraction of sp³-hybridized carbons (Fsp3) is 0.273. The van der Waals surface area contributed by atoms with Gasteiger partial charge in [0.15, 0.2) is 0 Å². The Morgan fingerprint density at radius 3 is 2.57 bits per heavy atom. The number of piperazine rings is 1. The first-order valence-corrected chi connectivity index (χ1v) is 10.4. The summed E-state index contributed by atoms with van der Waals surface area (Å²) in [5.41, 5.74) is 3.04. The van der Waals surface area contributed by atoms with Crippen molar-refractivity contribution in [2.24, 2.45) is 0 Å². The molecule has 0 aliphatic carbocycles. The van der Waals surface area contributed by atoms with Gasteiger partial charge >= 0.3 is 0 Å². The molecule has 1 saturated heterocycles. The van der Waals surface area contributed by atoms with Crippen molar-refractivity contribution in [1.82, 2.24) is 15.2 Å². The summed E-state index contributed by atoms with van der Waals surface area (Å²) in [7, 11) is 2.15. The van der Waals surface area contributed by atoms with E-state index in [9.17, 15) is 4.79 Å². The van der Waals surface area contributed by atoms with Crippen molar-refractivity contribution in [2.45, 2.75) is 6.54 Å². The summed E-state index contributed by atoms with van der Waals surface area (Å²) in [6.07, 6.45) is 1.86. The number of nitrogens with zero attached hydrogens (tertiary/aromatic N) is 3. The topological polar surface area (TPSA) is 48.5 Å². The number of benzene rings is 1. The zero-order valence-corrected chi connectivity index (χ0v) is 16.8. The molecule has 0 saturated carbocycles. The van der Waals surface area contributed by atoms with E-state index in [0.717, 1.165) is 53.6 Å². The molecule has 1 aliphatic rings. The Hall–Kier alpha value is -2.70. The first-order chi connectivity index (χ1) is 13.7. The molecule has 1 amide bonds. The third kappa shape index (κ3) is 4.24. The molecule has 0 atom stereocenters. The third-order valence-electron chi connectivity index (χ3n) is 5.05. The van der Waals surface area contributed by atoms with Gasteiger partial charge in [0.1, 0.15) is 5.82 Å². The second kappa shape index (κ2) is 8.54. The summed E-state index contributed by atoms with van der Waals surface area (Å²) < 4.78 is 0. The maximum atomic E-state index is 12.7.